The average molecular weight is 269 g/mol. The summed E-state index contributed by atoms with van der Waals surface area (Å²) in [4.78, 5) is 26.0. The van der Waals surface area contributed by atoms with E-state index in [1.807, 2.05) is 13.8 Å². The van der Waals surface area contributed by atoms with Crippen LogP contribution in [0.15, 0.2) is 0 Å². The zero-order valence-electron chi connectivity index (χ0n) is 12.0. The first-order valence-corrected chi connectivity index (χ1v) is 7.16. The minimum Gasteiger partial charge on any atom is -0.466 e. The van der Waals surface area contributed by atoms with E-state index in [1.165, 1.54) is 0 Å². The van der Waals surface area contributed by atoms with Crippen molar-refractivity contribution in [2.24, 2.45) is 0 Å². The summed E-state index contributed by atoms with van der Waals surface area (Å²) in [6.07, 6.45) is 2.73. The molecule has 5 heteroatoms. The highest BCUT2D eigenvalue weighted by molar-refractivity contribution is 5.82. The fourth-order valence-electron chi connectivity index (χ4n) is 3.54. The van der Waals surface area contributed by atoms with Crippen LogP contribution in [0.3, 0.4) is 0 Å². The number of morpholine rings is 1. The van der Waals surface area contributed by atoms with E-state index in [2.05, 4.69) is 11.8 Å². The number of fused-ring (bicyclic) bond motifs is 1. The fraction of sp³-hybridized carbons (Fsp3) is 0.857. The summed E-state index contributed by atoms with van der Waals surface area (Å²) in [6.45, 7) is 6.70. The Balaban J connectivity index is 2.16. The summed E-state index contributed by atoms with van der Waals surface area (Å²) >= 11 is 0. The number of carbonyl (C=O) groups excluding carboxylic acids is 2. The highest BCUT2D eigenvalue weighted by Gasteiger charge is 2.56. The zero-order valence-corrected chi connectivity index (χ0v) is 12.0. The van der Waals surface area contributed by atoms with Crippen molar-refractivity contribution in [3.05, 3.63) is 0 Å². The molecule has 0 saturated carbocycles. The SMILES string of the molecule is CCOC(=O)C[C@@H]1CC[C@@]2(CC)C(=O)OC[C@H](C)N12. The Bertz CT molecular complexity index is 370. The van der Waals surface area contributed by atoms with Gasteiger partial charge in [0.05, 0.1) is 13.0 Å². The predicted molar refractivity (Wildman–Crippen MR) is 69.6 cm³/mol. The Morgan fingerprint density at radius 1 is 1.53 bits per heavy atom. The van der Waals surface area contributed by atoms with Crippen molar-refractivity contribution in [3.8, 4) is 0 Å². The minimum absolute atomic E-state index is 0.0989. The molecule has 5 nitrogen and oxygen atoms in total. The molecule has 2 aliphatic rings. The molecule has 0 aromatic carbocycles. The van der Waals surface area contributed by atoms with E-state index >= 15 is 0 Å². The molecule has 0 unspecified atom stereocenters. The minimum atomic E-state index is -0.519. The standard InChI is InChI=1S/C14H23NO4/c1-4-14-7-6-11(8-12(16)18-5-2)15(14)10(3)9-19-13(14)17/h10-11H,4-9H2,1-3H3/t10-,11-,14-/m0/s1. The Kier molecular flexibility index (Phi) is 4.13. The first-order chi connectivity index (χ1) is 9.05. The van der Waals surface area contributed by atoms with E-state index in [9.17, 15) is 9.59 Å². The fourth-order valence-corrected chi connectivity index (χ4v) is 3.54. The zero-order chi connectivity index (χ0) is 14.0. The summed E-state index contributed by atoms with van der Waals surface area (Å²) in [6, 6.07) is 0.265. The molecule has 0 bridgehead atoms. The van der Waals surface area contributed by atoms with Gasteiger partial charge in [0.25, 0.3) is 0 Å². The number of hydrogen-bond acceptors (Lipinski definition) is 5. The molecule has 19 heavy (non-hydrogen) atoms. The van der Waals surface area contributed by atoms with Crippen LogP contribution in [0.4, 0.5) is 0 Å². The first-order valence-electron chi connectivity index (χ1n) is 7.16. The molecule has 0 amide bonds. The van der Waals surface area contributed by atoms with Crippen LogP contribution in [-0.2, 0) is 19.1 Å². The molecule has 2 fully saturated rings. The van der Waals surface area contributed by atoms with Crippen LogP contribution in [0.25, 0.3) is 0 Å². The Labute approximate surface area is 114 Å². The van der Waals surface area contributed by atoms with Gasteiger partial charge in [0.15, 0.2) is 0 Å². The maximum atomic E-state index is 12.2. The first kappa shape index (κ1) is 14.3. The maximum Gasteiger partial charge on any atom is 0.326 e. The van der Waals surface area contributed by atoms with E-state index in [1.54, 1.807) is 0 Å². The van der Waals surface area contributed by atoms with E-state index in [0.29, 0.717) is 19.6 Å². The van der Waals surface area contributed by atoms with Gasteiger partial charge >= 0.3 is 11.9 Å². The second kappa shape index (κ2) is 5.49. The highest BCUT2D eigenvalue weighted by atomic mass is 16.5. The van der Waals surface area contributed by atoms with Gasteiger partial charge in [0.2, 0.25) is 0 Å². The van der Waals surface area contributed by atoms with Crippen molar-refractivity contribution in [1.29, 1.82) is 0 Å². The van der Waals surface area contributed by atoms with Crippen LogP contribution in [0.2, 0.25) is 0 Å². The molecule has 0 N–H and O–H groups in total. The molecule has 2 heterocycles. The second-order valence-electron chi connectivity index (χ2n) is 5.44. The number of esters is 2. The van der Waals surface area contributed by atoms with Gasteiger partial charge in [-0.15, -0.1) is 0 Å². The van der Waals surface area contributed by atoms with Gasteiger partial charge in [-0.25, -0.2) is 0 Å². The third-order valence-corrected chi connectivity index (χ3v) is 4.38. The molecule has 0 aromatic rings. The van der Waals surface area contributed by atoms with Crippen LogP contribution in [0, 0.1) is 0 Å². The van der Waals surface area contributed by atoms with Gasteiger partial charge in [0, 0.05) is 12.1 Å². The maximum absolute atomic E-state index is 12.2. The number of rotatable bonds is 4. The number of hydrogen-bond donors (Lipinski definition) is 0. The Hall–Kier alpha value is -1.10. The van der Waals surface area contributed by atoms with Crippen LogP contribution in [-0.4, -0.2) is 47.7 Å². The lowest BCUT2D eigenvalue weighted by atomic mass is 9.90. The summed E-state index contributed by atoms with van der Waals surface area (Å²) in [7, 11) is 0. The summed E-state index contributed by atoms with van der Waals surface area (Å²) in [5.74, 6) is -0.301. The molecule has 0 aromatic heterocycles. The number of cyclic esters (lactones) is 1. The van der Waals surface area contributed by atoms with E-state index < -0.39 is 5.54 Å². The molecular formula is C14H23NO4. The number of nitrogens with zero attached hydrogens (tertiary/aromatic N) is 1. The van der Waals surface area contributed by atoms with Crippen LogP contribution in [0.1, 0.15) is 46.5 Å². The van der Waals surface area contributed by atoms with Gasteiger partial charge in [-0.3, -0.25) is 14.5 Å². The van der Waals surface area contributed by atoms with Gasteiger partial charge in [0.1, 0.15) is 12.1 Å². The highest BCUT2D eigenvalue weighted by Crippen LogP contribution is 2.42. The molecule has 108 valence electrons. The Morgan fingerprint density at radius 3 is 2.89 bits per heavy atom. The number of carbonyl (C=O) groups is 2. The van der Waals surface area contributed by atoms with Crippen LogP contribution in [0.5, 0.6) is 0 Å². The van der Waals surface area contributed by atoms with Crippen molar-refractivity contribution in [3.63, 3.8) is 0 Å². The molecule has 0 spiro atoms. The van der Waals surface area contributed by atoms with E-state index in [-0.39, 0.29) is 24.0 Å². The smallest absolute Gasteiger partial charge is 0.326 e. The predicted octanol–water partition coefficient (Wildman–Crippen LogP) is 1.50. The molecule has 2 aliphatic heterocycles. The number of ether oxygens (including phenoxy) is 2. The van der Waals surface area contributed by atoms with Gasteiger partial charge < -0.3 is 9.47 Å². The molecule has 2 rings (SSSR count). The molecule has 0 aliphatic carbocycles. The molecule has 3 atom stereocenters. The summed E-state index contributed by atoms with van der Waals surface area (Å²) in [5.41, 5.74) is -0.519. The van der Waals surface area contributed by atoms with Crippen molar-refractivity contribution >= 4 is 11.9 Å². The largest absolute Gasteiger partial charge is 0.466 e. The third kappa shape index (κ3) is 2.36. The normalized spacial score (nSPS) is 34.8. The lowest BCUT2D eigenvalue weighted by molar-refractivity contribution is -0.175. The topological polar surface area (TPSA) is 55.8 Å². The van der Waals surface area contributed by atoms with Crippen molar-refractivity contribution in [1.82, 2.24) is 4.90 Å². The van der Waals surface area contributed by atoms with Crippen molar-refractivity contribution in [2.75, 3.05) is 13.2 Å². The lowest BCUT2D eigenvalue weighted by Crippen LogP contribution is -2.62. The van der Waals surface area contributed by atoms with E-state index in [4.69, 9.17) is 9.47 Å². The second-order valence-corrected chi connectivity index (χ2v) is 5.44. The Morgan fingerprint density at radius 2 is 2.26 bits per heavy atom. The van der Waals surface area contributed by atoms with Crippen LogP contribution < -0.4 is 0 Å². The quantitative estimate of drug-likeness (QED) is 0.724. The summed E-state index contributed by atoms with van der Waals surface area (Å²) in [5, 5.41) is 0. The summed E-state index contributed by atoms with van der Waals surface area (Å²) < 4.78 is 10.3. The van der Waals surface area contributed by atoms with E-state index in [0.717, 1.165) is 19.3 Å². The lowest BCUT2D eigenvalue weighted by Gasteiger charge is -2.45. The average Bonchev–Trinajstić information content (AvgIpc) is 2.75. The van der Waals surface area contributed by atoms with Gasteiger partial charge in [-0.1, -0.05) is 6.92 Å². The van der Waals surface area contributed by atoms with Crippen molar-refractivity contribution in [2.45, 2.75) is 64.1 Å². The molecule has 2 saturated heterocycles. The monoisotopic (exact) mass is 269 g/mol. The van der Waals surface area contributed by atoms with Crippen molar-refractivity contribution < 1.29 is 19.1 Å². The third-order valence-electron chi connectivity index (χ3n) is 4.38. The van der Waals surface area contributed by atoms with Gasteiger partial charge in [-0.05, 0) is 33.1 Å². The molecular weight excluding hydrogens is 246 g/mol. The van der Waals surface area contributed by atoms with Crippen LogP contribution >= 0.6 is 0 Å². The molecule has 0 radical (unpaired) electrons. The van der Waals surface area contributed by atoms with Gasteiger partial charge in [-0.2, -0.15) is 0 Å².